The Balaban J connectivity index is 1.08. The molecule has 11 aromatic rings. The minimum absolute atomic E-state index is 1.11. The van der Waals surface area contributed by atoms with Crippen molar-refractivity contribution in [2.75, 3.05) is 4.90 Å². The van der Waals surface area contributed by atoms with Gasteiger partial charge >= 0.3 is 0 Å². The highest BCUT2D eigenvalue weighted by molar-refractivity contribution is 7.27. The summed E-state index contributed by atoms with van der Waals surface area (Å²) < 4.78 is 5.06. The van der Waals surface area contributed by atoms with Crippen LogP contribution in [0.3, 0.4) is 0 Å². The molecule has 0 saturated carbocycles. The maximum Gasteiger partial charge on any atom is 0.0542 e. The fourth-order valence-electron chi connectivity index (χ4n) is 8.40. The Morgan fingerprint density at radius 3 is 1.84 bits per heavy atom. The van der Waals surface area contributed by atoms with Crippen LogP contribution in [0.15, 0.2) is 206 Å². The van der Waals surface area contributed by atoms with Gasteiger partial charge in [0.05, 0.1) is 11.0 Å². The van der Waals surface area contributed by atoms with Gasteiger partial charge in [-0.1, -0.05) is 146 Å². The van der Waals surface area contributed by atoms with Crippen molar-refractivity contribution in [2.45, 2.75) is 0 Å². The summed E-state index contributed by atoms with van der Waals surface area (Å²) in [5.41, 5.74) is 11.7. The fraction of sp³-hybridized carbons (Fsp3) is 0. The number of rotatable bonds is 6. The van der Waals surface area contributed by atoms with Gasteiger partial charge in [-0.05, 0) is 93.7 Å². The van der Waals surface area contributed by atoms with Crippen LogP contribution in [-0.4, -0.2) is 4.57 Å². The van der Waals surface area contributed by atoms with E-state index in [1.165, 1.54) is 75.0 Å². The Kier molecular flexibility index (Phi) is 7.39. The van der Waals surface area contributed by atoms with Crippen molar-refractivity contribution < 1.29 is 0 Å². The third-order valence-electron chi connectivity index (χ3n) is 11.0. The number of thiophene rings is 1. The molecule has 0 radical (unpaired) electrons. The molecule has 0 aliphatic carbocycles. The Hall–Kier alpha value is -6.94. The lowest BCUT2D eigenvalue weighted by Crippen LogP contribution is -2.10. The summed E-state index contributed by atoms with van der Waals surface area (Å²) >= 11 is 1.91. The van der Waals surface area contributed by atoms with Gasteiger partial charge in [0.25, 0.3) is 0 Å². The highest BCUT2D eigenvalue weighted by atomic mass is 32.1. The number of hydrogen-bond acceptors (Lipinski definition) is 2. The van der Waals surface area contributed by atoms with Crippen LogP contribution in [0.4, 0.5) is 17.1 Å². The van der Waals surface area contributed by atoms with Gasteiger partial charge < -0.3 is 9.47 Å². The van der Waals surface area contributed by atoms with Gasteiger partial charge in [0.15, 0.2) is 0 Å². The molecule has 11 rings (SSSR count). The van der Waals surface area contributed by atoms with E-state index in [0.29, 0.717) is 0 Å². The summed E-state index contributed by atoms with van der Waals surface area (Å²) in [5, 5.41) is 7.70. The predicted molar refractivity (Wildman–Crippen MR) is 237 cm³/mol. The number of anilines is 3. The lowest BCUT2D eigenvalue weighted by molar-refractivity contribution is 1.18. The predicted octanol–water partition coefficient (Wildman–Crippen LogP) is 15.1. The number of aromatic nitrogens is 1. The van der Waals surface area contributed by atoms with Crippen LogP contribution < -0.4 is 4.90 Å². The first-order valence-electron chi connectivity index (χ1n) is 18.8. The minimum Gasteiger partial charge on any atom is -0.310 e. The molecule has 0 spiro atoms. The second-order valence-corrected chi connectivity index (χ2v) is 15.2. The van der Waals surface area contributed by atoms with Gasteiger partial charge in [0.2, 0.25) is 0 Å². The zero-order valence-corrected chi connectivity index (χ0v) is 30.7. The molecule has 0 unspecified atom stereocenters. The third kappa shape index (κ3) is 5.24. The fourth-order valence-corrected chi connectivity index (χ4v) is 9.77. The van der Waals surface area contributed by atoms with Crippen LogP contribution in [0.1, 0.15) is 0 Å². The lowest BCUT2D eigenvalue weighted by atomic mass is 10.0. The van der Waals surface area contributed by atoms with Crippen LogP contribution in [0.5, 0.6) is 0 Å². The Morgan fingerprint density at radius 2 is 0.982 bits per heavy atom. The van der Waals surface area contributed by atoms with Crippen molar-refractivity contribution in [3.05, 3.63) is 206 Å². The first-order valence-corrected chi connectivity index (χ1v) is 19.6. The minimum atomic E-state index is 1.11. The van der Waals surface area contributed by atoms with Crippen molar-refractivity contribution >= 4 is 81.1 Å². The van der Waals surface area contributed by atoms with Gasteiger partial charge in [0, 0.05) is 53.7 Å². The average Bonchev–Trinajstić information content (AvgIpc) is 3.81. The molecular weight excluding hydrogens is 685 g/mol. The van der Waals surface area contributed by atoms with E-state index in [2.05, 4.69) is 216 Å². The van der Waals surface area contributed by atoms with Gasteiger partial charge in [-0.15, -0.1) is 11.3 Å². The summed E-state index contributed by atoms with van der Waals surface area (Å²) in [5.74, 6) is 0. The van der Waals surface area contributed by atoms with Gasteiger partial charge in [-0.3, -0.25) is 0 Å². The van der Waals surface area contributed by atoms with Crippen molar-refractivity contribution in [3.8, 4) is 27.9 Å². The number of nitrogens with zero attached hydrogens (tertiary/aromatic N) is 2. The highest BCUT2D eigenvalue weighted by Gasteiger charge is 2.19. The first kappa shape index (κ1) is 31.6. The topological polar surface area (TPSA) is 8.17 Å². The zero-order chi connectivity index (χ0) is 36.3. The number of benzene rings is 9. The average molecular weight is 719 g/mol. The molecule has 9 aromatic carbocycles. The zero-order valence-electron chi connectivity index (χ0n) is 29.9. The third-order valence-corrected chi connectivity index (χ3v) is 12.3. The van der Waals surface area contributed by atoms with E-state index in [1.54, 1.807) is 0 Å². The lowest BCUT2D eigenvalue weighted by Gasteiger charge is -2.26. The van der Waals surface area contributed by atoms with E-state index in [-0.39, 0.29) is 0 Å². The molecule has 0 atom stereocenters. The molecule has 3 heteroatoms. The molecule has 0 aliphatic rings. The largest absolute Gasteiger partial charge is 0.310 e. The number of hydrogen-bond donors (Lipinski definition) is 0. The molecule has 0 N–H and O–H groups in total. The normalized spacial score (nSPS) is 11.6. The smallest absolute Gasteiger partial charge is 0.0542 e. The van der Waals surface area contributed by atoms with Crippen molar-refractivity contribution in [1.29, 1.82) is 0 Å². The molecule has 0 bridgehead atoms. The quantitative estimate of drug-likeness (QED) is 0.166. The van der Waals surface area contributed by atoms with Gasteiger partial charge in [-0.25, -0.2) is 0 Å². The summed E-state index contributed by atoms with van der Waals surface area (Å²) in [6.45, 7) is 0. The Morgan fingerprint density at radius 1 is 0.345 bits per heavy atom. The SMILES string of the molecule is c1ccc(-c2cccc(N(c3ccc(-c4cccc5c4sc4c6ccccc6ccc54)cc3)c3ccc4c(c3)c3ccccc3n4-c3ccccc3)c2)cc1. The first-order chi connectivity index (χ1) is 27.3. The molecule has 2 nitrogen and oxygen atoms in total. The van der Waals surface area contributed by atoms with Crippen molar-refractivity contribution in [3.63, 3.8) is 0 Å². The molecule has 55 heavy (non-hydrogen) atoms. The second-order valence-electron chi connectivity index (χ2n) is 14.1. The van der Waals surface area contributed by atoms with E-state index in [9.17, 15) is 0 Å². The van der Waals surface area contributed by atoms with Crippen LogP contribution >= 0.6 is 11.3 Å². The summed E-state index contributed by atoms with van der Waals surface area (Å²) in [6.07, 6.45) is 0. The standard InChI is InChI=1S/C52H34N2S/c1-3-13-35(14-4-1)38-16-11-19-41(33-38)53(42-30-32-50-48(34-42)45-21-9-10-24-49(45)54(50)39-17-5-2-6-18-39)40-28-25-37(26-29-40)44-22-12-23-46-47-31-27-36-15-7-8-20-43(36)52(47)55-51(44)46/h1-34H. The van der Waals surface area contributed by atoms with E-state index >= 15 is 0 Å². The van der Waals surface area contributed by atoms with E-state index in [1.807, 2.05) is 11.3 Å². The molecule has 2 aromatic heterocycles. The molecule has 2 heterocycles. The summed E-state index contributed by atoms with van der Waals surface area (Å²) in [4.78, 5) is 2.40. The monoisotopic (exact) mass is 718 g/mol. The molecule has 0 amide bonds. The van der Waals surface area contributed by atoms with E-state index < -0.39 is 0 Å². The van der Waals surface area contributed by atoms with E-state index in [4.69, 9.17) is 0 Å². The number of para-hydroxylation sites is 2. The maximum absolute atomic E-state index is 2.40. The summed E-state index contributed by atoms with van der Waals surface area (Å²) in [7, 11) is 0. The van der Waals surface area contributed by atoms with Crippen LogP contribution in [0.2, 0.25) is 0 Å². The molecule has 258 valence electrons. The van der Waals surface area contributed by atoms with Gasteiger partial charge in [-0.2, -0.15) is 0 Å². The Bertz CT molecular complexity index is 3190. The van der Waals surface area contributed by atoms with Crippen LogP contribution in [-0.2, 0) is 0 Å². The molecule has 0 saturated heterocycles. The van der Waals surface area contributed by atoms with Crippen LogP contribution in [0, 0.1) is 0 Å². The van der Waals surface area contributed by atoms with Gasteiger partial charge in [0.1, 0.15) is 0 Å². The maximum atomic E-state index is 2.40. The van der Waals surface area contributed by atoms with Crippen molar-refractivity contribution in [2.24, 2.45) is 0 Å². The molecule has 0 aliphatic heterocycles. The van der Waals surface area contributed by atoms with Crippen LogP contribution in [0.25, 0.3) is 80.7 Å². The van der Waals surface area contributed by atoms with E-state index in [0.717, 1.165) is 22.7 Å². The summed E-state index contributed by atoms with van der Waals surface area (Å²) in [6, 6.07) is 75.0. The number of fused-ring (bicyclic) bond motifs is 8. The van der Waals surface area contributed by atoms with Crippen molar-refractivity contribution in [1.82, 2.24) is 4.57 Å². The molecule has 0 fully saturated rings. The second kappa shape index (κ2) is 12.9. The Labute approximate surface area is 323 Å². The highest BCUT2D eigenvalue weighted by Crippen LogP contribution is 2.45. The molecular formula is C52H34N2S.